The van der Waals surface area contributed by atoms with Crippen molar-refractivity contribution in [3.8, 4) is 0 Å². The Morgan fingerprint density at radius 1 is 1.55 bits per heavy atom. The number of hydrogen-bond acceptors (Lipinski definition) is 3. The molecule has 0 unspecified atom stereocenters. The summed E-state index contributed by atoms with van der Waals surface area (Å²) in [5.41, 5.74) is 0. The monoisotopic (exact) mass is 156 g/mol. The molecule has 0 bridgehead atoms. The van der Waals surface area contributed by atoms with Gasteiger partial charge in [-0.1, -0.05) is 18.2 Å². The fraction of sp³-hybridized carbons (Fsp3) is 0.375. The second-order valence-electron chi connectivity index (χ2n) is 1.72. The first-order chi connectivity index (χ1) is 5.31. The number of rotatable bonds is 4. The maximum atomic E-state index is 10.6. The first-order valence-electron chi connectivity index (χ1n) is 3.42. The average Bonchev–Trinajstić information content (AvgIpc) is 1.99. The van der Waals surface area contributed by atoms with Gasteiger partial charge in [0.2, 0.25) is 0 Å². The van der Waals surface area contributed by atoms with Crippen molar-refractivity contribution >= 4 is 5.97 Å². The molecule has 0 aliphatic heterocycles. The van der Waals surface area contributed by atoms with Gasteiger partial charge in [0, 0.05) is 6.08 Å². The van der Waals surface area contributed by atoms with Gasteiger partial charge in [-0.05, 0) is 6.92 Å². The highest BCUT2D eigenvalue weighted by Gasteiger charge is 1.89. The zero-order chi connectivity index (χ0) is 8.53. The standard InChI is InChI=1S/C8H12O3/c1-2-11-8(10)6-4-3-5-7-9/h3-6,9H,2,7H2,1H3/b5-3+,6-4-. The van der Waals surface area contributed by atoms with Crippen LogP contribution >= 0.6 is 0 Å². The van der Waals surface area contributed by atoms with Gasteiger partial charge in [-0.3, -0.25) is 0 Å². The molecule has 0 amide bonds. The molecule has 1 N–H and O–H groups in total. The first kappa shape index (κ1) is 9.91. The molecular formula is C8H12O3. The molecule has 0 heterocycles. The molecule has 11 heavy (non-hydrogen) atoms. The van der Waals surface area contributed by atoms with Crippen LogP contribution in [0.2, 0.25) is 0 Å². The molecule has 0 aliphatic rings. The normalized spacial score (nSPS) is 11.1. The number of ether oxygens (including phenoxy) is 1. The molecule has 0 fully saturated rings. The minimum Gasteiger partial charge on any atom is -0.463 e. The van der Waals surface area contributed by atoms with Gasteiger partial charge in [-0.15, -0.1) is 0 Å². The molecule has 0 aromatic heterocycles. The van der Waals surface area contributed by atoms with Gasteiger partial charge in [-0.2, -0.15) is 0 Å². The lowest BCUT2D eigenvalue weighted by atomic mass is 10.4. The van der Waals surface area contributed by atoms with E-state index < -0.39 is 0 Å². The van der Waals surface area contributed by atoms with E-state index in [9.17, 15) is 4.79 Å². The Morgan fingerprint density at radius 2 is 2.27 bits per heavy atom. The zero-order valence-electron chi connectivity index (χ0n) is 6.49. The highest BCUT2D eigenvalue weighted by Crippen LogP contribution is 1.82. The summed E-state index contributed by atoms with van der Waals surface area (Å²) >= 11 is 0. The van der Waals surface area contributed by atoms with Crippen molar-refractivity contribution < 1.29 is 14.6 Å². The minimum atomic E-state index is -0.366. The molecule has 0 atom stereocenters. The number of hydrogen-bond donors (Lipinski definition) is 1. The second kappa shape index (κ2) is 7.02. The summed E-state index contributed by atoms with van der Waals surface area (Å²) < 4.78 is 4.60. The van der Waals surface area contributed by atoms with Crippen LogP contribution < -0.4 is 0 Å². The van der Waals surface area contributed by atoms with E-state index in [0.29, 0.717) is 6.61 Å². The van der Waals surface area contributed by atoms with E-state index in [1.807, 2.05) is 0 Å². The molecule has 62 valence electrons. The Balaban J connectivity index is 3.56. The number of carbonyl (C=O) groups excluding carboxylic acids is 1. The van der Waals surface area contributed by atoms with Crippen LogP contribution in [-0.4, -0.2) is 24.3 Å². The molecule has 0 aromatic rings. The molecule has 0 spiro atoms. The van der Waals surface area contributed by atoms with E-state index in [2.05, 4.69) is 4.74 Å². The number of aliphatic hydroxyl groups is 1. The summed E-state index contributed by atoms with van der Waals surface area (Å²) in [7, 11) is 0. The van der Waals surface area contributed by atoms with Gasteiger partial charge in [0.25, 0.3) is 0 Å². The van der Waals surface area contributed by atoms with E-state index >= 15 is 0 Å². The third-order valence-electron chi connectivity index (χ3n) is 0.872. The van der Waals surface area contributed by atoms with Crippen molar-refractivity contribution in [2.75, 3.05) is 13.2 Å². The van der Waals surface area contributed by atoms with Gasteiger partial charge < -0.3 is 9.84 Å². The lowest BCUT2D eigenvalue weighted by molar-refractivity contribution is -0.137. The van der Waals surface area contributed by atoms with Crippen LogP contribution in [0.3, 0.4) is 0 Å². The summed E-state index contributed by atoms with van der Waals surface area (Å²) in [5, 5.41) is 8.30. The first-order valence-corrected chi connectivity index (χ1v) is 3.42. The minimum absolute atomic E-state index is 0.0207. The van der Waals surface area contributed by atoms with Crippen LogP contribution in [-0.2, 0) is 9.53 Å². The molecular weight excluding hydrogens is 144 g/mol. The van der Waals surface area contributed by atoms with E-state index in [1.165, 1.54) is 18.2 Å². The Morgan fingerprint density at radius 3 is 2.82 bits per heavy atom. The Labute approximate surface area is 66.0 Å². The van der Waals surface area contributed by atoms with Crippen LogP contribution in [0.15, 0.2) is 24.3 Å². The lowest BCUT2D eigenvalue weighted by Crippen LogP contribution is -1.98. The summed E-state index contributed by atoms with van der Waals surface area (Å²) in [6.07, 6.45) is 5.93. The average molecular weight is 156 g/mol. The quantitative estimate of drug-likeness (QED) is 0.369. The largest absolute Gasteiger partial charge is 0.463 e. The van der Waals surface area contributed by atoms with Crippen molar-refractivity contribution in [3.63, 3.8) is 0 Å². The summed E-state index contributed by atoms with van der Waals surface area (Å²) in [4.78, 5) is 10.6. The fourth-order valence-electron chi connectivity index (χ4n) is 0.464. The van der Waals surface area contributed by atoms with Crippen molar-refractivity contribution in [1.29, 1.82) is 0 Å². The smallest absolute Gasteiger partial charge is 0.330 e. The van der Waals surface area contributed by atoms with E-state index in [-0.39, 0.29) is 12.6 Å². The van der Waals surface area contributed by atoms with Gasteiger partial charge in [0.05, 0.1) is 13.2 Å². The number of aliphatic hydroxyl groups excluding tert-OH is 1. The van der Waals surface area contributed by atoms with Crippen molar-refractivity contribution in [3.05, 3.63) is 24.3 Å². The van der Waals surface area contributed by atoms with Crippen LogP contribution in [0.5, 0.6) is 0 Å². The van der Waals surface area contributed by atoms with Gasteiger partial charge in [-0.25, -0.2) is 4.79 Å². The van der Waals surface area contributed by atoms with Crippen LogP contribution in [0.4, 0.5) is 0 Å². The molecule has 0 radical (unpaired) electrons. The van der Waals surface area contributed by atoms with E-state index in [1.54, 1.807) is 13.0 Å². The summed E-state index contributed by atoms with van der Waals surface area (Å²) in [5.74, 6) is -0.366. The predicted octanol–water partition coefficient (Wildman–Crippen LogP) is 0.654. The number of carbonyl (C=O) groups is 1. The summed E-state index contributed by atoms with van der Waals surface area (Å²) in [6.45, 7) is 2.11. The maximum absolute atomic E-state index is 10.6. The van der Waals surface area contributed by atoms with Crippen molar-refractivity contribution in [2.24, 2.45) is 0 Å². The molecule has 0 rings (SSSR count). The zero-order valence-corrected chi connectivity index (χ0v) is 6.49. The Kier molecular flexibility index (Phi) is 6.33. The topological polar surface area (TPSA) is 46.5 Å². The highest BCUT2D eigenvalue weighted by atomic mass is 16.5. The second-order valence-corrected chi connectivity index (χ2v) is 1.72. The Bertz CT molecular complexity index is 159. The van der Waals surface area contributed by atoms with Crippen molar-refractivity contribution in [1.82, 2.24) is 0 Å². The van der Waals surface area contributed by atoms with Crippen molar-refractivity contribution in [2.45, 2.75) is 6.92 Å². The number of allylic oxidation sites excluding steroid dienone is 2. The SMILES string of the molecule is CCOC(=O)/C=C\C=C\CO. The molecule has 0 saturated heterocycles. The Hall–Kier alpha value is -1.09. The lowest BCUT2D eigenvalue weighted by Gasteiger charge is -1.92. The molecule has 0 aromatic carbocycles. The molecule has 0 saturated carbocycles. The fourth-order valence-corrected chi connectivity index (χ4v) is 0.464. The third-order valence-corrected chi connectivity index (χ3v) is 0.872. The predicted molar refractivity (Wildman–Crippen MR) is 42.0 cm³/mol. The molecule has 3 heteroatoms. The third kappa shape index (κ3) is 6.80. The van der Waals surface area contributed by atoms with Crippen LogP contribution in [0.1, 0.15) is 6.92 Å². The molecule has 0 aliphatic carbocycles. The maximum Gasteiger partial charge on any atom is 0.330 e. The van der Waals surface area contributed by atoms with E-state index in [0.717, 1.165) is 0 Å². The van der Waals surface area contributed by atoms with Gasteiger partial charge >= 0.3 is 5.97 Å². The summed E-state index contributed by atoms with van der Waals surface area (Å²) in [6, 6.07) is 0. The van der Waals surface area contributed by atoms with Gasteiger partial charge in [0.1, 0.15) is 0 Å². The van der Waals surface area contributed by atoms with Crippen LogP contribution in [0, 0.1) is 0 Å². The highest BCUT2D eigenvalue weighted by molar-refractivity contribution is 5.82. The van der Waals surface area contributed by atoms with Gasteiger partial charge in [0.15, 0.2) is 0 Å². The molecule has 3 nitrogen and oxygen atoms in total. The number of esters is 1. The van der Waals surface area contributed by atoms with Crippen LogP contribution in [0.25, 0.3) is 0 Å². The van der Waals surface area contributed by atoms with E-state index in [4.69, 9.17) is 5.11 Å².